The molecule has 20 heavy (non-hydrogen) atoms. The lowest BCUT2D eigenvalue weighted by Gasteiger charge is -2.14. The third-order valence-corrected chi connectivity index (χ3v) is 3.57. The number of nitrogens with one attached hydrogen (secondary N) is 2. The Morgan fingerprint density at radius 3 is 2.90 bits per heavy atom. The molecule has 0 aliphatic heterocycles. The summed E-state index contributed by atoms with van der Waals surface area (Å²) in [5.41, 5.74) is 1.74. The van der Waals surface area contributed by atoms with Gasteiger partial charge < -0.3 is 15.4 Å². The van der Waals surface area contributed by atoms with E-state index in [9.17, 15) is 4.79 Å². The molecule has 106 valence electrons. The van der Waals surface area contributed by atoms with Crippen molar-refractivity contribution in [2.75, 3.05) is 17.7 Å². The van der Waals surface area contributed by atoms with Crippen LogP contribution in [-0.2, 0) is 4.79 Å². The molecule has 2 rings (SSSR count). The second-order valence-corrected chi connectivity index (χ2v) is 5.24. The minimum atomic E-state index is -0.369. The summed E-state index contributed by atoms with van der Waals surface area (Å²) in [7, 11) is 1.61. The van der Waals surface area contributed by atoms with Crippen LogP contribution in [0.3, 0.4) is 0 Å². The molecule has 2 N–H and O–H groups in total. The van der Waals surface area contributed by atoms with Crippen molar-refractivity contribution < 1.29 is 9.53 Å². The molecule has 0 radical (unpaired) electrons. The van der Waals surface area contributed by atoms with Crippen molar-refractivity contribution in [1.29, 1.82) is 0 Å². The fourth-order valence-electron chi connectivity index (χ4n) is 1.65. The van der Waals surface area contributed by atoms with Crippen LogP contribution in [0.1, 0.15) is 12.6 Å². The van der Waals surface area contributed by atoms with Gasteiger partial charge in [-0.3, -0.25) is 4.79 Å². The Labute approximate surface area is 122 Å². The molecule has 0 bridgehead atoms. The fraction of sp³-hybridized carbons (Fsp3) is 0.286. The van der Waals surface area contributed by atoms with Gasteiger partial charge in [-0.2, -0.15) is 0 Å². The molecule has 1 unspecified atom stereocenters. The largest absolute Gasteiger partial charge is 0.497 e. The van der Waals surface area contributed by atoms with E-state index in [0.717, 1.165) is 17.1 Å². The van der Waals surface area contributed by atoms with E-state index in [-0.39, 0.29) is 11.9 Å². The molecule has 1 amide bonds. The molecule has 1 aromatic carbocycles. The average molecular weight is 291 g/mol. The summed E-state index contributed by atoms with van der Waals surface area (Å²) in [5.74, 6) is 0.625. The quantitative estimate of drug-likeness (QED) is 0.889. The molecule has 0 fully saturated rings. The van der Waals surface area contributed by atoms with Crippen molar-refractivity contribution >= 4 is 28.1 Å². The maximum absolute atomic E-state index is 12.0. The molecule has 5 nitrogen and oxygen atoms in total. The SMILES string of the molecule is COc1cccc(NC(C)C(=O)Nc2nc(C)cs2)c1. The summed E-state index contributed by atoms with van der Waals surface area (Å²) in [4.78, 5) is 16.2. The van der Waals surface area contributed by atoms with E-state index in [1.165, 1.54) is 11.3 Å². The van der Waals surface area contributed by atoms with Crippen LogP contribution in [0.15, 0.2) is 29.6 Å². The normalized spacial score (nSPS) is 11.8. The molecule has 0 saturated heterocycles. The number of carbonyl (C=O) groups excluding carboxylic acids is 1. The number of ether oxygens (including phenoxy) is 1. The first kappa shape index (κ1) is 14.3. The van der Waals surface area contributed by atoms with E-state index in [2.05, 4.69) is 15.6 Å². The Bertz CT molecular complexity index is 598. The maximum Gasteiger partial charge on any atom is 0.248 e. The minimum absolute atomic E-state index is 0.123. The number of rotatable bonds is 5. The standard InChI is InChI=1S/C14H17N3O2S/c1-9-8-20-14(15-9)17-13(18)10(2)16-11-5-4-6-12(7-11)19-3/h4-8,10,16H,1-3H3,(H,15,17,18). The van der Waals surface area contributed by atoms with Crippen LogP contribution in [0.5, 0.6) is 5.75 Å². The van der Waals surface area contributed by atoms with Crippen molar-refractivity contribution in [2.45, 2.75) is 19.9 Å². The molecule has 0 saturated carbocycles. The number of amides is 1. The first-order chi connectivity index (χ1) is 9.58. The summed E-state index contributed by atoms with van der Waals surface area (Å²) in [5, 5.41) is 8.43. The summed E-state index contributed by atoms with van der Waals surface area (Å²) >= 11 is 1.42. The van der Waals surface area contributed by atoms with Gasteiger partial charge in [-0.1, -0.05) is 6.07 Å². The van der Waals surface area contributed by atoms with Crippen LogP contribution >= 0.6 is 11.3 Å². The molecular formula is C14H17N3O2S. The predicted octanol–water partition coefficient (Wildman–Crippen LogP) is 2.90. The Morgan fingerprint density at radius 2 is 2.25 bits per heavy atom. The van der Waals surface area contributed by atoms with E-state index >= 15 is 0 Å². The van der Waals surface area contributed by atoms with Gasteiger partial charge in [-0.05, 0) is 26.0 Å². The number of hydrogen-bond acceptors (Lipinski definition) is 5. The van der Waals surface area contributed by atoms with Gasteiger partial charge >= 0.3 is 0 Å². The van der Waals surface area contributed by atoms with Crippen LogP contribution in [0.25, 0.3) is 0 Å². The molecule has 0 aliphatic rings. The minimum Gasteiger partial charge on any atom is -0.497 e. The third kappa shape index (κ3) is 3.71. The molecule has 6 heteroatoms. The summed E-state index contributed by atoms with van der Waals surface area (Å²) in [6.07, 6.45) is 0. The van der Waals surface area contributed by atoms with Crippen molar-refractivity contribution in [3.63, 3.8) is 0 Å². The van der Waals surface area contributed by atoms with Gasteiger partial charge in [-0.25, -0.2) is 4.98 Å². The number of hydrogen-bond donors (Lipinski definition) is 2. The lowest BCUT2D eigenvalue weighted by Crippen LogP contribution is -2.31. The first-order valence-corrected chi connectivity index (χ1v) is 7.10. The maximum atomic E-state index is 12.0. The van der Waals surface area contributed by atoms with E-state index in [1.54, 1.807) is 14.0 Å². The number of aryl methyl sites for hydroxylation is 1. The second-order valence-electron chi connectivity index (χ2n) is 4.38. The average Bonchev–Trinajstić information content (AvgIpc) is 2.84. The number of anilines is 2. The lowest BCUT2D eigenvalue weighted by molar-refractivity contribution is -0.116. The highest BCUT2D eigenvalue weighted by molar-refractivity contribution is 7.13. The van der Waals surface area contributed by atoms with Gasteiger partial charge in [0.25, 0.3) is 0 Å². The highest BCUT2D eigenvalue weighted by Crippen LogP contribution is 2.18. The number of aromatic nitrogens is 1. The van der Waals surface area contributed by atoms with Gasteiger partial charge in [0.2, 0.25) is 5.91 Å². The Morgan fingerprint density at radius 1 is 1.45 bits per heavy atom. The van der Waals surface area contributed by atoms with E-state index in [0.29, 0.717) is 5.13 Å². The Kier molecular flexibility index (Phi) is 4.57. The monoisotopic (exact) mass is 291 g/mol. The van der Waals surface area contributed by atoms with Gasteiger partial charge in [0.1, 0.15) is 11.8 Å². The Hall–Kier alpha value is -2.08. The molecule has 1 heterocycles. The summed E-state index contributed by atoms with van der Waals surface area (Å²) in [6.45, 7) is 3.69. The van der Waals surface area contributed by atoms with Crippen LogP contribution < -0.4 is 15.4 Å². The highest BCUT2D eigenvalue weighted by Gasteiger charge is 2.14. The third-order valence-electron chi connectivity index (χ3n) is 2.70. The summed E-state index contributed by atoms with van der Waals surface area (Å²) < 4.78 is 5.15. The number of benzene rings is 1. The molecule has 0 aliphatic carbocycles. The van der Waals surface area contributed by atoms with Gasteiger partial charge in [0, 0.05) is 17.1 Å². The zero-order valence-corrected chi connectivity index (χ0v) is 12.5. The second kappa shape index (κ2) is 6.38. The van der Waals surface area contributed by atoms with Gasteiger partial charge in [0.15, 0.2) is 5.13 Å². The molecule has 0 spiro atoms. The van der Waals surface area contributed by atoms with E-state index < -0.39 is 0 Å². The van der Waals surface area contributed by atoms with Crippen molar-refractivity contribution in [3.05, 3.63) is 35.3 Å². The van der Waals surface area contributed by atoms with E-state index in [4.69, 9.17) is 4.74 Å². The summed E-state index contributed by atoms with van der Waals surface area (Å²) in [6, 6.07) is 7.09. The van der Waals surface area contributed by atoms with Crippen molar-refractivity contribution in [3.8, 4) is 5.75 Å². The topological polar surface area (TPSA) is 63.2 Å². The van der Waals surface area contributed by atoms with Crippen LogP contribution in [-0.4, -0.2) is 24.0 Å². The molecule has 1 aromatic heterocycles. The van der Waals surface area contributed by atoms with Crippen molar-refractivity contribution in [1.82, 2.24) is 4.98 Å². The van der Waals surface area contributed by atoms with Crippen molar-refractivity contribution in [2.24, 2.45) is 0 Å². The molecular weight excluding hydrogens is 274 g/mol. The number of nitrogens with zero attached hydrogens (tertiary/aromatic N) is 1. The number of thiazole rings is 1. The van der Waals surface area contributed by atoms with Gasteiger partial charge in [-0.15, -0.1) is 11.3 Å². The predicted molar refractivity (Wildman–Crippen MR) is 81.6 cm³/mol. The van der Waals surface area contributed by atoms with Crippen LogP contribution in [0.2, 0.25) is 0 Å². The number of methoxy groups -OCH3 is 1. The number of carbonyl (C=O) groups is 1. The molecule has 1 atom stereocenters. The van der Waals surface area contributed by atoms with Gasteiger partial charge in [0.05, 0.1) is 12.8 Å². The first-order valence-electron chi connectivity index (χ1n) is 6.22. The smallest absolute Gasteiger partial charge is 0.248 e. The van der Waals surface area contributed by atoms with E-state index in [1.807, 2.05) is 36.6 Å². The highest BCUT2D eigenvalue weighted by atomic mass is 32.1. The van der Waals surface area contributed by atoms with Crippen LogP contribution in [0, 0.1) is 6.92 Å². The Balaban J connectivity index is 1.96. The zero-order chi connectivity index (χ0) is 14.5. The van der Waals surface area contributed by atoms with Crippen LogP contribution in [0.4, 0.5) is 10.8 Å². The lowest BCUT2D eigenvalue weighted by atomic mass is 10.2. The molecule has 2 aromatic rings. The fourth-order valence-corrected chi connectivity index (χ4v) is 2.34. The zero-order valence-electron chi connectivity index (χ0n) is 11.6.